The molecule has 1 rings (SSSR count). The molecule has 0 aliphatic heterocycles. The van der Waals surface area contributed by atoms with Gasteiger partial charge in [0, 0.05) is 22.6 Å². The molecule has 0 radical (unpaired) electrons. The van der Waals surface area contributed by atoms with Gasteiger partial charge in [0.1, 0.15) is 0 Å². The van der Waals surface area contributed by atoms with Crippen molar-refractivity contribution in [3.63, 3.8) is 0 Å². The van der Waals surface area contributed by atoms with Crippen molar-refractivity contribution >= 4 is 30.1 Å². The van der Waals surface area contributed by atoms with E-state index in [-0.39, 0.29) is 16.4 Å². The van der Waals surface area contributed by atoms with Gasteiger partial charge in [0.15, 0.2) is 0 Å². The number of amides is 1. The summed E-state index contributed by atoms with van der Waals surface area (Å²) in [4.78, 5) is 12.1. The molecule has 0 aromatic heterocycles. The molecule has 0 fully saturated rings. The fourth-order valence-electron chi connectivity index (χ4n) is 2.16. The van der Waals surface area contributed by atoms with E-state index in [9.17, 15) is 4.79 Å². The fraction of sp³-hybridized carbons (Fsp3) is 0.533. The van der Waals surface area contributed by atoms with Crippen LogP contribution in [0.1, 0.15) is 49.9 Å². The van der Waals surface area contributed by atoms with E-state index in [0.29, 0.717) is 18.0 Å². The normalized spacial score (nSPS) is 12.0. The molecular weight excluding hydrogens is 288 g/mol. The molecule has 0 saturated carbocycles. The van der Waals surface area contributed by atoms with Crippen molar-refractivity contribution in [1.82, 2.24) is 5.32 Å². The summed E-state index contributed by atoms with van der Waals surface area (Å²) in [5.41, 5.74) is 0.623. The van der Waals surface area contributed by atoms with Crippen LogP contribution >= 0.6 is 11.6 Å². The second kappa shape index (κ2) is 9.08. The van der Waals surface area contributed by atoms with E-state index in [1.54, 1.807) is 6.07 Å². The topological polar surface area (TPSA) is 69.6 Å². The number of nitrogens with one attached hydrogen (secondary N) is 1. The molecule has 1 amide bonds. The summed E-state index contributed by atoms with van der Waals surface area (Å²) >= 11 is 5.93. The zero-order valence-electron chi connectivity index (χ0n) is 12.6. The standard InChI is InChI=1S/C15H23BClNO3/c1-3-5-6-11(4-2)10-18-15(19)12-7-8-13(16(20)21)14(17)9-12/h7-9,11,20-21H,3-6,10H2,1-2H3,(H,18,19). The number of unbranched alkanes of at least 4 members (excludes halogenated alkanes) is 1. The summed E-state index contributed by atoms with van der Waals surface area (Å²) in [6.07, 6.45) is 4.48. The number of hydrogen-bond acceptors (Lipinski definition) is 3. The predicted octanol–water partition coefficient (Wildman–Crippen LogP) is 1.97. The second-order valence-electron chi connectivity index (χ2n) is 5.24. The van der Waals surface area contributed by atoms with E-state index in [0.717, 1.165) is 19.3 Å². The van der Waals surface area contributed by atoms with Gasteiger partial charge >= 0.3 is 7.12 Å². The Balaban J connectivity index is 2.61. The molecule has 0 aliphatic carbocycles. The smallest absolute Gasteiger partial charge is 0.423 e. The summed E-state index contributed by atoms with van der Waals surface area (Å²) in [6, 6.07) is 4.46. The van der Waals surface area contributed by atoms with Crippen molar-refractivity contribution in [3.05, 3.63) is 28.8 Å². The lowest BCUT2D eigenvalue weighted by molar-refractivity contribution is 0.0946. The zero-order chi connectivity index (χ0) is 15.8. The van der Waals surface area contributed by atoms with Gasteiger partial charge in [0.2, 0.25) is 0 Å². The molecular formula is C15H23BClNO3. The van der Waals surface area contributed by atoms with E-state index in [1.807, 2.05) is 0 Å². The van der Waals surface area contributed by atoms with Crippen LogP contribution in [0, 0.1) is 5.92 Å². The number of rotatable bonds is 8. The highest BCUT2D eigenvalue weighted by molar-refractivity contribution is 6.62. The van der Waals surface area contributed by atoms with Crippen LogP contribution in [0.5, 0.6) is 0 Å². The van der Waals surface area contributed by atoms with Gasteiger partial charge in [-0.2, -0.15) is 0 Å². The average Bonchev–Trinajstić information content (AvgIpc) is 2.46. The quantitative estimate of drug-likeness (QED) is 0.643. The van der Waals surface area contributed by atoms with E-state index in [2.05, 4.69) is 19.2 Å². The van der Waals surface area contributed by atoms with Crippen LogP contribution in [0.3, 0.4) is 0 Å². The van der Waals surface area contributed by atoms with Crippen molar-refractivity contribution in [1.29, 1.82) is 0 Å². The highest BCUT2D eigenvalue weighted by atomic mass is 35.5. The van der Waals surface area contributed by atoms with Crippen LogP contribution in [0.15, 0.2) is 18.2 Å². The van der Waals surface area contributed by atoms with Crippen LogP contribution < -0.4 is 10.8 Å². The Bertz CT molecular complexity index is 468. The number of carbonyl (C=O) groups is 1. The summed E-state index contributed by atoms with van der Waals surface area (Å²) in [5.74, 6) is 0.300. The highest BCUT2D eigenvalue weighted by Crippen LogP contribution is 2.13. The Kier molecular flexibility index (Phi) is 7.79. The van der Waals surface area contributed by atoms with Crippen molar-refractivity contribution in [2.45, 2.75) is 39.5 Å². The van der Waals surface area contributed by atoms with Crippen molar-refractivity contribution in [2.75, 3.05) is 6.54 Å². The summed E-state index contributed by atoms with van der Waals surface area (Å²) in [6.45, 7) is 4.93. The fourth-order valence-corrected chi connectivity index (χ4v) is 2.44. The maximum Gasteiger partial charge on any atom is 0.489 e. The third-order valence-electron chi connectivity index (χ3n) is 3.64. The first-order valence-electron chi connectivity index (χ1n) is 7.43. The molecule has 0 heterocycles. The van der Waals surface area contributed by atoms with Crippen molar-refractivity contribution < 1.29 is 14.8 Å². The third-order valence-corrected chi connectivity index (χ3v) is 3.96. The van der Waals surface area contributed by atoms with Crippen LogP contribution in [0.2, 0.25) is 5.02 Å². The van der Waals surface area contributed by atoms with Crippen LogP contribution in [0.4, 0.5) is 0 Å². The monoisotopic (exact) mass is 311 g/mol. The van der Waals surface area contributed by atoms with Gasteiger partial charge in [-0.25, -0.2) is 0 Å². The van der Waals surface area contributed by atoms with Crippen LogP contribution in [-0.2, 0) is 0 Å². The summed E-state index contributed by atoms with van der Waals surface area (Å²) in [5, 5.41) is 21.3. The van der Waals surface area contributed by atoms with E-state index >= 15 is 0 Å². The first-order chi connectivity index (χ1) is 9.99. The van der Waals surface area contributed by atoms with E-state index < -0.39 is 7.12 Å². The maximum absolute atomic E-state index is 12.1. The number of benzene rings is 1. The molecule has 1 aromatic rings. The Morgan fingerprint density at radius 1 is 1.38 bits per heavy atom. The molecule has 1 atom stereocenters. The van der Waals surface area contributed by atoms with Gasteiger partial charge in [0.05, 0.1) is 0 Å². The van der Waals surface area contributed by atoms with Crippen LogP contribution in [-0.4, -0.2) is 29.6 Å². The molecule has 116 valence electrons. The lowest BCUT2D eigenvalue weighted by Gasteiger charge is -2.15. The second-order valence-corrected chi connectivity index (χ2v) is 5.64. The first kappa shape index (κ1) is 18.0. The number of carbonyl (C=O) groups excluding carboxylic acids is 1. The first-order valence-corrected chi connectivity index (χ1v) is 7.81. The third kappa shape index (κ3) is 5.69. The summed E-state index contributed by atoms with van der Waals surface area (Å²) in [7, 11) is -1.63. The minimum atomic E-state index is -1.63. The summed E-state index contributed by atoms with van der Waals surface area (Å²) < 4.78 is 0. The minimum Gasteiger partial charge on any atom is -0.423 e. The Labute approximate surface area is 131 Å². The zero-order valence-corrected chi connectivity index (χ0v) is 13.4. The minimum absolute atomic E-state index is 0.177. The number of hydrogen-bond donors (Lipinski definition) is 3. The van der Waals surface area contributed by atoms with Gasteiger partial charge in [-0.05, 0) is 24.5 Å². The number of halogens is 1. The van der Waals surface area contributed by atoms with Crippen LogP contribution in [0.25, 0.3) is 0 Å². The SMILES string of the molecule is CCCCC(CC)CNC(=O)c1ccc(B(O)O)c(Cl)c1. The lowest BCUT2D eigenvalue weighted by atomic mass is 9.80. The van der Waals surface area contributed by atoms with Crippen molar-refractivity contribution in [2.24, 2.45) is 5.92 Å². The molecule has 6 heteroatoms. The molecule has 0 spiro atoms. The highest BCUT2D eigenvalue weighted by Gasteiger charge is 2.17. The molecule has 21 heavy (non-hydrogen) atoms. The lowest BCUT2D eigenvalue weighted by Crippen LogP contribution is -2.32. The van der Waals surface area contributed by atoms with Gasteiger partial charge in [-0.1, -0.05) is 50.8 Å². The molecule has 0 aliphatic rings. The van der Waals surface area contributed by atoms with Gasteiger partial charge in [-0.15, -0.1) is 0 Å². The molecule has 0 saturated heterocycles. The largest absolute Gasteiger partial charge is 0.489 e. The van der Waals surface area contributed by atoms with Crippen molar-refractivity contribution in [3.8, 4) is 0 Å². The van der Waals surface area contributed by atoms with E-state index in [4.69, 9.17) is 21.6 Å². The molecule has 1 unspecified atom stereocenters. The van der Waals surface area contributed by atoms with Gasteiger partial charge in [0.25, 0.3) is 5.91 Å². The predicted molar refractivity (Wildman–Crippen MR) is 86.9 cm³/mol. The molecule has 4 nitrogen and oxygen atoms in total. The van der Waals surface area contributed by atoms with Gasteiger partial charge in [-0.3, -0.25) is 4.79 Å². The Hall–Kier alpha value is -1.04. The average molecular weight is 312 g/mol. The molecule has 0 bridgehead atoms. The van der Waals surface area contributed by atoms with E-state index in [1.165, 1.54) is 18.6 Å². The molecule has 3 N–H and O–H groups in total. The Morgan fingerprint density at radius 2 is 2.10 bits per heavy atom. The maximum atomic E-state index is 12.1. The molecule has 1 aromatic carbocycles. The van der Waals surface area contributed by atoms with Gasteiger partial charge < -0.3 is 15.4 Å². The Morgan fingerprint density at radius 3 is 2.62 bits per heavy atom.